The minimum absolute atomic E-state index is 0.144. The number of carboxylic acid groups (broad SMARTS) is 1. The first-order chi connectivity index (χ1) is 6.20. The van der Waals surface area contributed by atoms with E-state index in [9.17, 15) is 9.59 Å². The Morgan fingerprint density at radius 3 is 2.77 bits per heavy atom. The summed E-state index contributed by atoms with van der Waals surface area (Å²) in [6.45, 7) is 0. The Labute approximate surface area is 74.4 Å². The van der Waals surface area contributed by atoms with Gasteiger partial charge in [0.15, 0.2) is 0 Å². The monoisotopic (exact) mass is 179 g/mol. The molecule has 1 aromatic heterocycles. The maximum Gasteiger partial charge on any atom is 0.341 e. The summed E-state index contributed by atoms with van der Waals surface area (Å²) in [5, 5.41) is 8.68. The van der Waals surface area contributed by atoms with Crippen molar-refractivity contribution < 1.29 is 9.90 Å². The van der Waals surface area contributed by atoms with Crippen molar-refractivity contribution in [2.24, 2.45) is 0 Å². The molecule has 1 saturated carbocycles. The zero-order chi connectivity index (χ0) is 9.42. The third-order valence-electron chi connectivity index (χ3n) is 2.15. The predicted molar refractivity (Wildman–Crippen MR) is 45.9 cm³/mol. The van der Waals surface area contributed by atoms with E-state index in [1.165, 1.54) is 10.6 Å². The first-order valence-electron chi connectivity index (χ1n) is 4.14. The van der Waals surface area contributed by atoms with Crippen molar-refractivity contribution >= 4 is 5.97 Å². The van der Waals surface area contributed by atoms with Crippen molar-refractivity contribution in [1.82, 2.24) is 4.57 Å². The van der Waals surface area contributed by atoms with Crippen LogP contribution in [0.15, 0.2) is 23.1 Å². The van der Waals surface area contributed by atoms with E-state index in [2.05, 4.69) is 0 Å². The standard InChI is InChI=1S/C9H9NO3/c11-8-7(9(12)13)2-1-5-10(8)6-3-4-6/h1-2,5-6H,3-4H2,(H,12,13). The van der Waals surface area contributed by atoms with Crippen LogP contribution in [0.3, 0.4) is 0 Å². The minimum Gasteiger partial charge on any atom is -0.477 e. The second kappa shape index (κ2) is 2.73. The molecule has 4 nitrogen and oxygen atoms in total. The van der Waals surface area contributed by atoms with Crippen molar-refractivity contribution in [2.45, 2.75) is 18.9 Å². The topological polar surface area (TPSA) is 59.3 Å². The van der Waals surface area contributed by atoms with E-state index >= 15 is 0 Å². The van der Waals surface area contributed by atoms with Gasteiger partial charge in [-0.15, -0.1) is 0 Å². The van der Waals surface area contributed by atoms with Crippen LogP contribution in [0.4, 0.5) is 0 Å². The lowest BCUT2D eigenvalue weighted by atomic mass is 10.3. The van der Waals surface area contributed by atoms with E-state index in [4.69, 9.17) is 5.11 Å². The van der Waals surface area contributed by atoms with Crippen LogP contribution in [-0.4, -0.2) is 15.6 Å². The fourth-order valence-corrected chi connectivity index (χ4v) is 1.31. The van der Waals surface area contributed by atoms with Gasteiger partial charge in [-0.2, -0.15) is 0 Å². The molecule has 0 atom stereocenters. The number of carbonyl (C=O) groups is 1. The zero-order valence-corrected chi connectivity index (χ0v) is 6.93. The van der Waals surface area contributed by atoms with Gasteiger partial charge in [0.05, 0.1) is 0 Å². The second-order valence-corrected chi connectivity index (χ2v) is 3.17. The summed E-state index contributed by atoms with van der Waals surface area (Å²) in [5.41, 5.74) is -0.535. The summed E-state index contributed by atoms with van der Waals surface area (Å²) in [6.07, 6.45) is 3.60. The summed E-state index contributed by atoms with van der Waals surface area (Å²) in [7, 11) is 0. The molecule has 4 heteroatoms. The number of hydrogen-bond donors (Lipinski definition) is 1. The Hall–Kier alpha value is -1.58. The minimum atomic E-state index is -1.15. The average molecular weight is 179 g/mol. The van der Waals surface area contributed by atoms with Gasteiger partial charge in [-0.1, -0.05) is 0 Å². The molecule has 1 heterocycles. The smallest absolute Gasteiger partial charge is 0.341 e. The van der Waals surface area contributed by atoms with Gasteiger partial charge >= 0.3 is 5.97 Å². The molecule has 0 spiro atoms. The molecular formula is C9H9NO3. The molecule has 0 amide bonds. The molecule has 0 unspecified atom stereocenters. The molecule has 0 radical (unpaired) electrons. The Morgan fingerprint density at radius 2 is 2.23 bits per heavy atom. The average Bonchev–Trinajstić information content (AvgIpc) is 2.87. The molecule has 0 aliphatic heterocycles. The molecule has 68 valence electrons. The molecule has 1 fully saturated rings. The molecular weight excluding hydrogens is 170 g/mol. The Kier molecular flexibility index (Phi) is 1.69. The zero-order valence-electron chi connectivity index (χ0n) is 6.93. The van der Waals surface area contributed by atoms with E-state index in [0.29, 0.717) is 0 Å². The second-order valence-electron chi connectivity index (χ2n) is 3.17. The molecule has 1 aliphatic rings. The SMILES string of the molecule is O=C(O)c1cccn(C2CC2)c1=O. The first kappa shape index (κ1) is 8.04. The molecule has 13 heavy (non-hydrogen) atoms. The molecule has 2 rings (SSSR count). The lowest BCUT2D eigenvalue weighted by Crippen LogP contribution is -2.24. The molecule has 1 aromatic rings. The van der Waals surface area contributed by atoms with Crippen molar-refractivity contribution in [1.29, 1.82) is 0 Å². The van der Waals surface area contributed by atoms with Crippen LogP contribution in [0.25, 0.3) is 0 Å². The number of pyridine rings is 1. The van der Waals surface area contributed by atoms with E-state index in [0.717, 1.165) is 12.8 Å². The number of hydrogen-bond acceptors (Lipinski definition) is 2. The normalized spacial score (nSPS) is 15.7. The molecule has 0 aromatic carbocycles. The lowest BCUT2D eigenvalue weighted by molar-refractivity contribution is 0.0694. The van der Waals surface area contributed by atoms with Gasteiger partial charge in [0.2, 0.25) is 0 Å². The van der Waals surface area contributed by atoms with Crippen molar-refractivity contribution in [3.8, 4) is 0 Å². The van der Waals surface area contributed by atoms with Gasteiger partial charge in [-0.3, -0.25) is 4.79 Å². The van der Waals surface area contributed by atoms with E-state index in [-0.39, 0.29) is 11.6 Å². The van der Waals surface area contributed by atoms with Crippen LogP contribution >= 0.6 is 0 Å². The van der Waals surface area contributed by atoms with Crippen LogP contribution in [0.1, 0.15) is 29.2 Å². The Balaban J connectivity index is 2.54. The van der Waals surface area contributed by atoms with Gasteiger partial charge in [0, 0.05) is 12.2 Å². The number of nitrogens with zero attached hydrogens (tertiary/aromatic N) is 1. The molecule has 1 aliphatic carbocycles. The number of aromatic nitrogens is 1. The van der Waals surface area contributed by atoms with Crippen molar-refractivity contribution in [3.05, 3.63) is 34.2 Å². The van der Waals surface area contributed by atoms with Crippen LogP contribution in [-0.2, 0) is 0 Å². The van der Waals surface area contributed by atoms with Crippen molar-refractivity contribution in [2.75, 3.05) is 0 Å². The fourth-order valence-electron chi connectivity index (χ4n) is 1.31. The summed E-state index contributed by atoms with van der Waals surface area (Å²) in [4.78, 5) is 22.1. The van der Waals surface area contributed by atoms with E-state index in [1.807, 2.05) is 0 Å². The van der Waals surface area contributed by atoms with Crippen LogP contribution in [0, 0.1) is 0 Å². The summed E-state index contributed by atoms with van der Waals surface area (Å²) in [5.74, 6) is -1.15. The van der Waals surface area contributed by atoms with Crippen LogP contribution in [0.2, 0.25) is 0 Å². The van der Waals surface area contributed by atoms with Crippen molar-refractivity contribution in [3.63, 3.8) is 0 Å². The van der Waals surface area contributed by atoms with Crippen LogP contribution in [0.5, 0.6) is 0 Å². The largest absolute Gasteiger partial charge is 0.477 e. The Bertz CT molecular complexity index is 404. The van der Waals surface area contributed by atoms with Gasteiger partial charge in [0.1, 0.15) is 5.56 Å². The highest BCUT2D eigenvalue weighted by molar-refractivity contribution is 5.86. The van der Waals surface area contributed by atoms with E-state index < -0.39 is 11.5 Å². The highest BCUT2D eigenvalue weighted by atomic mass is 16.4. The van der Waals surface area contributed by atoms with Crippen LogP contribution < -0.4 is 5.56 Å². The third kappa shape index (κ3) is 1.35. The summed E-state index contributed by atoms with van der Waals surface area (Å²) >= 11 is 0. The highest BCUT2D eigenvalue weighted by Crippen LogP contribution is 2.33. The van der Waals surface area contributed by atoms with Gasteiger partial charge < -0.3 is 9.67 Å². The number of rotatable bonds is 2. The van der Waals surface area contributed by atoms with Gasteiger partial charge in [-0.05, 0) is 25.0 Å². The third-order valence-corrected chi connectivity index (χ3v) is 2.15. The number of aromatic carboxylic acids is 1. The summed E-state index contributed by atoms with van der Waals surface area (Å²) in [6, 6.07) is 3.17. The maximum absolute atomic E-state index is 11.5. The first-order valence-corrected chi connectivity index (χ1v) is 4.14. The fraction of sp³-hybridized carbons (Fsp3) is 0.333. The molecule has 0 bridgehead atoms. The number of carboxylic acids is 1. The maximum atomic E-state index is 11.5. The van der Waals surface area contributed by atoms with Gasteiger partial charge in [0.25, 0.3) is 5.56 Å². The van der Waals surface area contributed by atoms with E-state index in [1.54, 1.807) is 12.3 Å². The highest BCUT2D eigenvalue weighted by Gasteiger charge is 2.25. The lowest BCUT2D eigenvalue weighted by Gasteiger charge is -2.02. The predicted octanol–water partition coefficient (Wildman–Crippen LogP) is 0.881. The molecule has 1 N–H and O–H groups in total. The Morgan fingerprint density at radius 1 is 1.54 bits per heavy atom. The molecule has 0 saturated heterocycles. The quantitative estimate of drug-likeness (QED) is 0.733. The summed E-state index contributed by atoms with van der Waals surface area (Å²) < 4.78 is 1.50. The van der Waals surface area contributed by atoms with Gasteiger partial charge in [-0.25, -0.2) is 4.79 Å².